The molecule has 1 aromatic heterocycles. The Labute approximate surface area is 252 Å². The molecule has 1 N–H and O–H groups in total. The summed E-state index contributed by atoms with van der Waals surface area (Å²) in [6.45, 7) is 5.82. The number of ether oxygens (including phenoxy) is 2. The Hall–Kier alpha value is -3.67. The number of esters is 1. The lowest BCUT2D eigenvalue weighted by Crippen LogP contribution is -2.47. The van der Waals surface area contributed by atoms with Crippen LogP contribution < -0.4 is 9.64 Å². The zero-order valence-corrected chi connectivity index (χ0v) is 24.4. The largest absolute Gasteiger partial charge is 0.481 e. The molecule has 7 nitrogen and oxygen atoms in total. The van der Waals surface area contributed by atoms with E-state index in [-0.39, 0.29) is 6.61 Å². The third kappa shape index (κ3) is 6.95. The van der Waals surface area contributed by atoms with Crippen molar-refractivity contribution in [2.24, 2.45) is 0 Å². The number of nitrogens with zero attached hydrogens (tertiary/aromatic N) is 3. The first-order valence-corrected chi connectivity index (χ1v) is 15.2. The van der Waals surface area contributed by atoms with E-state index in [1.54, 1.807) is 6.07 Å². The summed E-state index contributed by atoms with van der Waals surface area (Å²) in [4.78, 5) is 23.9. The van der Waals surface area contributed by atoms with Gasteiger partial charge in [0.2, 0.25) is 0 Å². The molecule has 11 heteroatoms. The van der Waals surface area contributed by atoms with Crippen molar-refractivity contribution < 1.29 is 27.4 Å². The van der Waals surface area contributed by atoms with Crippen molar-refractivity contribution >= 4 is 40.0 Å². The molecule has 0 bridgehead atoms. The molecule has 3 heterocycles. The topological polar surface area (TPSA) is 61.0 Å². The highest BCUT2D eigenvalue weighted by Crippen LogP contribution is 2.49. The third-order valence-corrected chi connectivity index (χ3v) is 8.98. The normalized spacial score (nSPS) is 15.7. The van der Waals surface area contributed by atoms with Crippen LogP contribution in [0.5, 0.6) is 5.75 Å². The predicted molar refractivity (Wildman–Crippen MR) is 161 cm³/mol. The van der Waals surface area contributed by atoms with Gasteiger partial charge in [-0.2, -0.15) is 13.2 Å². The fourth-order valence-corrected chi connectivity index (χ4v) is 6.66. The van der Waals surface area contributed by atoms with Crippen LogP contribution in [0.25, 0.3) is 10.9 Å². The molecule has 3 aromatic carbocycles. The van der Waals surface area contributed by atoms with Crippen LogP contribution in [0.15, 0.2) is 82.7 Å². The first-order chi connectivity index (χ1) is 20.8. The highest BCUT2D eigenvalue weighted by Gasteiger charge is 2.33. The smallest absolute Gasteiger partial charge is 0.416 e. The minimum atomic E-state index is -4.38. The molecule has 43 heavy (non-hydrogen) atoms. The number of para-hydroxylation sites is 1. The van der Waals surface area contributed by atoms with Gasteiger partial charge in [-0.25, -0.2) is 4.79 Å². The average molecular weight is 611 g/mol. The van der Waals surface area contributed by atoms with Crippen LogP contribution in [0, 0.1) is 0 Å². The van der Waals surface area contributed by atoms with Crippen molar-refractivity contribution in [1.82, 2.24) is 14.8 Å². The number of alkyl halides is 3. The average Bonchev–Trinajstić information content (AvgIpc) is 3.49. The predicted octanol–water partition coefficient (Wildman–Crippen LogP) is 6.42. The summed E-state index contributed by atoms with van der Waals surface area (Å²) < 4.78 is 51.5. The van der Waals surface area contributed by atoms with Gasteiger partial charge in [-0.05, 0) is 61.5 Å². The second-order valence-electron chi connectivity index (χ2n) is 10.6. The number of aromatic amines is 1. The van der Waals surface area contributed by atoms with Gasteiger partial charge in [0.1, 0.15) is 12.4 Å². The molecule has 0 saturated carbocycles. The number of anilines is 2. The lowest BCUT2D eigenvalue weighted by molar-refractivity contribution is -0.146. The highest BCUT2D eigenvalue weighted by molar-refractivity contribution is 7.99. The van der Waals surface area contributed by atoms with E-state index in [1.807, 2.05) is 59.6 Å². The van der Waals surface area contributed by atoms with E-state index in [1.165, 1.54) is 17.8 Å². The number of halogens is 3. The maximum Gasteiger partial charge on any atom is 0.416 e. The number of carbonyl (C=O) groups is 1. The first kappa shape index (κ1) is 29.4. The SMILES string of the molecule is O=C(COc1cccc2[nH]ccc12)OCCN1CCN(CCCN2c3ccccc3Sc3ccc(C(F)(F)F)cc32)CC1. The Kier molecular flexibility index (Phi) is 8.83. The summed E-state index contributed by atoms with van der Waals surface area (Å²) in [6.07, 6.45) is -1.73. The number of benzene rings is 3. The number of hydrogen-bond donors (Lipinski definition) is 1. The molecular formula is C32H33F3N4O3S. The number of rotatable bonds is 10. The van der Waals surface area contributed by atoms with Crippen molar-refractivity contribution in [1.29, 1.82) is 0 Å². The molecule has 1 fully saturated rings. The van der Waals surface area contributed by atoms with Crippen LogP contribution >= 0.6 is 11.8 Å². The Balaban J connectivity index is 0.938. The van der Waals surface area contributed by atoms with Gasteiger partial charge in [-0.3, -0.25) is 4.90 Å². The summed E-state index contributed by atoms with van der Waals surface area (Å²) in [7, 11) is 0. The fraction of sp³-hybridized carbons (Fsp3) is 0.344. The van der Waals surface area contributed by atoms with E-state index in [0.29, 0.717) is 31.1 Å². The summed E-state index contributed by atoms with van der Waals surface area (Å²) in [5, 5.41) is 0.924. The number of hydrogen-bond acceptors (Lipinski definition) is 7. The Morgan fingerprint density at radius 2 is 1.63 bits per heavy atom. The van der Waals surface area contributed by atoms with Gasteiger partial charge in [-0.15, -0.1) is 0 Å². The van der Waals surface area contributed by atoms with Crippen LogP contribution in [0.2, 0.25) is 0 Å². The molecule has 0 spiro atoms. The number of piperazine rings is 1. The van der Waals surface area contributed by atoms with Crippen LogP contribution in [-0.4, -0.2) is 79.8 Å². The van der Waals surface area contributed by atoms with E-state index >= 15 is 0 Å². The summed E-state index contributed by atoms with van der Waals surface area (Å²) in [6, 6.07) is 19.5. The van der Waals surface area contributed by atoms with E-state index in [4.69, 9.17) is 9.47 Å². The molecule has 226 valence electrons. The zero-order valence-electron chi connectivity index (χ0n) is 23.6. The quantitative estimate of drug-likeness (QED) is 0.208. The van der Waals surface area contributed by atoms with Crippen molar-refractivity contribution in [2.75, 3.05) is 63.9 Å². The standard InChI is InChI=1S/C32H33F3N4O3S/c33-32(34,35)23-9-10-30-27(21-23)39(26-6-1-2-8-29(26)43-30)14-4-13-37-15-17-38(18-16-37)19-20-41-31(40)22-42-28-7-3-5-25-24(28)11-12-36-25/h1-3,5-12,21,36H,4,13-20,22H2. The van der Waals surface area contributed by atoms with E-state index in [2.05, 4.69) is 14.8 Å². The fourth-order valence-electron chi connectivity index (χ4n) is 5.58. The molecule has 6 rings (SSSR count). The van der Waals surface area contributed by atoms with E-state index < -0.39 is 17.7 Å². The van der Waals surface area contributed by atoms with E-state index in [0.717, 1.165) is 71.6 Å². The Morgan fingerprint density at radius 3 is 2.44 bits per heavy atom. The van der Waals surface area contributed by atoms with Crippen molar-refractivity contribution in [3.8, 4) is 5.75 Å². The Morgan fingerprint density at radius 1 is 0.860 bits per heavy atom. The van der Waals surface area contributed by atoms with Crippen molar-refractivity contribution in [2.45, 2.75) is 22.4 Å². The van der Waals surface area contributed by atoms with Crippen molar-refractivity contribution in [3.05, 3.63) is 78.5 Å². The highest BCUT2D eigenvalue weighted by atomic mass is 32.2. The van der Waals surface area contributed by atoms with E-state index in [9.17, 15) is 18.0 Å². The molecule has 0 amide bonds. The molecule has 0 atom stereocenters. The maximum absolute atomic E-state index is 13.5. The molecule has 4 aromatic rings. The first-order valence-electron chi connectivity index (χ1n) is 14.4. The monoisotopic (exact) mass is 610 g/mol. The van der Waals surface area contributed by atoms with Gasteiger partial charge in [0.25, 0.3) is 0 Å². The maximum atomic E-state index is 13.5. The Bertz CT molecular complexity index is 1570. The lowest BCUT2D eigenvalue weighted by atomic mass is 10.1. The molecule has 0 unspecified atom stereocenters. The van der Waals surface area contributed by atoms with Crippen molar-refractivity contribution in [3.63, 3.8) is 0 Å². The van der Waals surface area contributed by atoms with Gasteiger partial charge < -0.3 is 24.3 Å². The number of aromatic nitrogens is 1. The molecule has 2 aliphatic rings. The minimum Gasteiger partial charge on any atom is -0.481 e. The second-order valence-corrected chi connectivity index (χ2v) is 11.7. The molecular weight excluding hydrogens is 577 g/mol. The van der Waals surface area contributed by atoms with Crippen LogP contribution in [-0.2, 0) is 15.7 Å². The summed E-state index contributed by atoms with van der Waals surface area (Å²) in [5.41, 5.74) is 1.89. The molecule has 1 saturated heterocycles. The van der Waals surface area contributed by atoms with Gasteiger partial charge in [0.15, 0.2) is 6.61 Å². The second kappa shape index (κ2) is 12.9. The third-order valence-electron chi connectivity index (χ3n) is 7.85. The van der Waals surface area contributed by atoms with Crippen LogP contribution in [0.4, 0.5) is 24.5 Å². The lowest BCUT2D eigenvalue weighted by Gasteiger charge is -2.36. The summed E-state index contributed by atoms with van der Waals surface area (Å²) in [5.74, 6) is 0.248. The van der Waals surface area contributed by atoms with Gasteiger partial charge >= 0.3 is 12.1 Å². The van der Waals surface area contributed by atoms with Crippen LogP contribution in [0.1, 0.15) is 12.0 Å². The molecule has 2 aliphatic heterocycles. The number of H-pyrrole nitrogens is 1. The number of carbonyl (C=O) groups excluding carboxylic acids is 1. The summed E-state index contributed by atoms with van der Waals surface area (Å²) >= 11 is 1.51. The van der Waals surface area contributed by atoms with Crippen LogP contribution in [0.3, 0.4) is 0 Å². The molecule has 0 radical (unpaired) electrons. The number of fused-ring (bicyclic) bond motifs is 3. The number of nitrogens with one attached hydrogen (secondary N) is 1. The zero-order chi connectivity index (χ0) is 29.8. The van der Waals surface area contributed by atoms with Gasteiger partial charge in [0.05, 0.1) is 16.9 Å². The van der Waals surface area contributed by atoms with Gasteiger partial charge in [0, 0.05) is 66.2 Å². The molecule has 0 aliphatic carbocycles. The van der Waals surface area contributed by atoms with Gasteiger partial charge in [-0.1, -0.05) is 30.0 Å². The minimum absolute atomic E-state index is 0.139.